The molecule has 0 atom stereocenters. The molecule has 0 fully saturated rings. The molecule has 0 saturated heterocycles. The Kier molecular flexibility index (Phi) is 4.77. The van der Waals surface area contributed by atoms with Gasteiger partial charge in [-0.2, -0.15) is 0 Å². The van der Waals surface area contributed by atoms with Crippen molar-refractivity contribution in [1.29, 1.82) is 0 Å². The zero-order valence-electron chi connectivity index (χ0n) is 11.2. The van der Waals surface area contributed by atoms with E-state index in [1.807, 2.05) is 0 Å². The Bertz CT molecular complexity index is 463. The maximum absolute atomic E-state index is 11.7. The van der Waals surface area contributed by atoms with Gasteiger partial charge in [0.25, 0.3) is 0 Å². The lowest BCUT2D eigenvalue weighted by Gasteiger charge is -2.17. The number of hydrogen-bond donors (Lipinski definition) is 0. The molecule has 1 aromatic rings. The van der Waals surface area contributed by atoms with E-state index in [1.165, 1.54) is 21.1 Å². The van der Waals surface area contributed by atoms with Crippen LogP contribution in [0.3, 0.4) is 0 Å². The van der Waals surface area contributed by atoms with Gasteiger partial charge in [0.05, 0.1) is 21.3 Å². The minimum atomic E-state index is -0.114. The van der Waals surface area contributed by atoms with Crippen LogP contribution >= 0.6 is 0 Å². The maximum atomic E-state index is 11.7. The van der Waals surface area contributed by atoms with E-state index >= 15 is 0 Å². The van der Waals surface area contributed by atoms with Crippen molar-refractivity contribution >= 4 is 5.78 Å². The lowest BCUT2D eigenvalue weighted by atomic mass is 10.0. The van der Waals surface area contributed by atoms with Crippen LogP contribution in [0.25, 0.3) is 0 Å². The standard InChI is InChI=1S/C14H18O4/c1-6-7-10-11(16-3)8-12(17-4)13(9(2)15)14(10)18-5/h6,8H,1,7H2,2-5H3. The molecule has 0 aliphatic rings. The second-order valence-corrected chi connectivity index (χ2v) is 3.72. The summed E-state index contributed by atoms with van der Waals surface area (Å²) >= 11 is 0. The number of benzene rings is 1. The summed E-state index contributed by atoms with van der Waals surface area (Å²) in [4.78, 5) is 11.7. The van der Waals surface area contributed by atoms with Crippen LogP contribution in [0.2, 0.25) is 0 Å². The number of hydrogen-bond acceptors (Lipinski definition) is 4. The molecule has 0 radical (unpaired) electrons. The Hall–Kier alpha value is -1.97. The molecule has 0 aliphatic heterocycles. The van der Waals surface area contributed by atoms with Crippen molar-refractivity contribution in [2.45, 2.75) is 13.3 Å². The first-order valence-corrected chi connectivity index (χ1v) is 5.54. The van der Waals surface area contributed by atoms with Crippen molar-refractivity contribution in [1.82, 2.24) is 0 Å². The molecule has 1 aromatic carbocycles. The Morgan fingerprint density at radius 3 is 2.22 bits per heavy atom. The van der Waals surface area contributed by atoms with Gasteiger partial charge in [-0.1, -0.05) is 6.08 Å². The summed E-state index contributed by atoms with van der Waals surface area (Å²) in [6.07, 6.45) is 2.29. The SMILES string of the molecule is C=CCc1c(OC)cc(OC)c(C(C)=O)c1OC. The molecule has 0 unspecified atom stereocenters. The van der Waals surface area contributed by atoms with Crippen molar-refractivity contribution in [3.63, 3.8) is 0 Å². The summed E-state index contributed by atoms with van der Waals surface area (Å²) in [5, 5.41) is 0. The molecule has 0 heterocycles. The molecular formula is C14H18O4. The molecule has 0 amide bonds. The summed E-state index contributed by atoms with van der Waals surface area (Å²) in [7, 11) is 4.59. The molecule has 0 N–H and O–H groups in total. The van der Waals surface area contributed by atoms with Crippen LogP contribution < -0.4 is 14.2 Å². The van der Waals surface area contributed by atoms with Crippen molar-refractivity contribution in [3.8, 4) is 17.2 Å². The molecule has 4 heteroatoms. The molecule has 4 nitrogen and oxygen atoms in total. The van der Waals surface area contributed by atoms with E-state index in [0.29, 0.717) is 29.2 Å². The molecule has 18 heavy (non-hydrogen) atoms. The summed E-state index contributed by atoms with van der Waals surface area (Å²) in [6.45, 7) is 5.17. The predicted octanol–water partition coefficient (Wildman–Crippen LogP) is 2.64. The monoisotopic (exact) mass is 250 g/mol. The van der Waals surface area contributed by atoms with E-state index in [1.54, 1.807) is 19.3 Å². The van der Waals surface area contributed by atoms with E-state index in [9.17, 15) is 4.79 Å². The highest BCUT2D eigenvalue weighted by Crippen LogP contribution is 2.39. The predicted molar refractivity (Wildman–Crippen MR) is 70.0 cm³/mol. The van der Waals surface area contributed by atoms with Crippen LogP contribution in [0.4, 0.5) is 0 Å². The van der Waals surface area contributed by atoms with Crippen LogP contribution in [0, 0.1) is 0 Å². The van der Waals surface area contributed by atoms with Crippen molar-refractivity contribution in [2.24, 2.45) is 0 Å². The lowest BCUT2D eigenvalue weighted by Crippen LogP contribution is -2.06. The Morgan fingerprint density at radius 2 is 1.83 bits per heavy atom. The maximum Gasteiger partial charge on any atom is 0.167 e. The van der Waals surface area contributed by atoms with Gasteiger partial charge >= 0.3 is 0 Å². The molecule has 0 aliphatic carbocycles. The first kappa shape index (κ1) is 14.1. The molecule has 0 aromatic heterocycles. The number of rotatable bonds is 6. The fourth-order valence-corrected chi connectivity index (χ4v) is 1.89. The van der Waals surface area contributed by atoms with Gasteiger partial charge in [-0.3, -0.25) is 4.79 Å². The third kappa shape index (κ3) is 2.47. The number of Topliss-reactive ketones (excluding diaryl/α,β-unsaturated/α-hetero) is 1. The van der Waals surface area contributed by atoms with Crippen LogP contribution in [-0.2, 0) is 6.42 Å². The van der Waals surface area contributed by atoms with Gasteiger partial charge in [-0.25, -0.2) is 0 Å². The zero-order valence-corrected chi connectivity index (χ0v) is 11.2. The van der Waals surface area contributed by atoms with Crippen LogP contribution in [0.5, 0.6) is 17.2 Å². The molecule has 0 saturated carbocycles. The number of ketones is 1. The highest BCUT2D eigenvalue weighted by atomic mass is 16.5. The minimum Gasteiger partial charge on any atom is -0.496 e. The fraction of sp³-hybridized carbons (Fsp3) is 0.357. The van der Waals surface area contributed by atoms with Gasteiger partial charge in [0.1, 0.15) is 22.8 Å². The van der Waals surface area contributed by atoms with Gasteiger partial charge in [-0.15, -0.1) is 6.58 Å². The highest BCUT2D eigenvalue weighted by molar-refractivity contribution is 6.00. The Morgan fingerprint density at radius 1 is 1.22 bits per heavy atom. The minimum absolute atomic E-state index is 0.114. The summed E-state index contributed by atoms with van der Waals surface area (Å²) < 4.78 is 15.9. The number of carbonyl (C=O) groups excluding carboxylic acids is 1. The summed E-state index contributed by atoms with van der Waals surface area (Å²) in [5.74, 6) is 1.44. The van der Waals surface area contributed by atoms with Crippen LogP contribution in [0.15, 0.2) is 18.7 Å². The van der Waals surface area contributed by atoms with E-state index in [2.05, 4.69) is 6.58 Å². The third-order valence-electron chi connectivity index (χ3n) is 2.65. The van der Waals surface area contributed by atoms with E-state index in [-0.39, 0.29) is 5.78 Å². The average molecular weight is 250 g/mol. The van der Waals surface area contributed by atoms with Gasteiger partial charge in [0, 0.05) is 11.6 Å². The topological polar surface area (TPSA) is 44.8 Å². The second-order valence-electron chi connectivity index (χ2n) is 3.72. The first-order chi connectivity index (χ1) is 8.60. The summed E-state index contributed by atoms with van der Waals surface area (Å²) in [5.41, 5.74) is 1.22. The Labute approximate surface area is 107 Å². The first-order valence-electron chi connectivity index (χ1n) is 5.54. The lowest BCUT2D eigenvalue weighted by molar-refractivity contribution is 0.101. The van der Waals surface area contributed by atoms with Crippen molar-refractivity contribution in [2.75, 3.05) is 21.3 Å². The number of ether oxygens (including phenoxy) is 3. The van der Waals surface area contributed by atoms with E-state index in [4.69, 9.17) is 14.2 Å². The average Bonchev–Trinajstić information content (AvgIpc) is 2.37. The van der Waals surface area contributed by atoms with E-state index in [0.717, 1.165) is 5.56 Å². The highest BCUT2D eigenvalue weighted by Gasteiger charge is 2.22. The third-order valence-corrected chi connectivity index (χ3v) is 2.65. The van der Waals surface area contributed by atoms with Crippen molar-refractivity contribution < 1.29 is 19.0 Å². The molecule has 0 spiro atoms. The van der Waals surface area contributed by atoms with E-state index < -0.39 is 0 Å². The number of allylic oxidation sites excluding steroid dienone is 1. The molecular weight excluding hydrogens is 232 g/mol. The number of carbonyl (C=O) groups is 1. The zero-order chi connectivity index (χ0) is 13.7. The molecule has 98 valence electrons. The smallest absolute Gasteiger partial charge is 0.167 e. The fourth-order valence-electron chi connectivity index (χ4n) is 1.89. The van der Waals surface area contributed by atoms with Gasteiger partial charge in [-0.05, 0) is 13.3 Å². The van der Waals surface area contributed by atoms with Crippen molar-refractivity contribution in [3.05, 3.63) is 29.8 Å². The molecule has 0 bridgehead atoms. The largest absolute Gasteiger partial charge is 0.496 e. The van der Waals surface area contributed by atoms with Gasteiger partial charge in [0.2, 0.25) is 0 Å². The van der Waals surface area contributed by atoms with Gasteiger partial charge < -0.3 is 14.2 Å². The molecule has 1 rings (SSSR count). The normalized spacial score (nSPS) is 9.78. The van der Waals surface area contributed by atoms with Crippen LogP contribution in [0.1, 0.15) is 22.8 Å². The Balaban J connectivity index is 3.63. The summed E-state index contributed by atoms with van der Waals surface area (Å²) in [6, 6.07) is 1.69. The number of methoxy groups -OCH3 is 3. The second kappa shape index (κ2) is 6.10. The van der Waals surface area contributed by atoms with Crippen LogP contribution in [-0.4, -0.2) is 27.1 Å². The van der Waals surface area contributed by atoms with Gasteiger partial charge in [0.15, 0.2) is 5.78 Å². The quantitative estimate of drug-likeness (QED) is 0.575.